The minimum atomic E-state index is -1.44. The van der Waals surface area contributed by atoms with E-state index in [1.807, 2.05) is 6.92 Å². The Kier molecular flexibility index (Phi) is 7.24. The Balaban J connectivity index is 1.39. The third kappa shape index (κ3) is 4.35. The van der Waals surface area contributed by atoms with Crippen LogP contribution in [0.3, 0.4) is 0 Å². The first-order chi connectivity index (χ1) is 15.9. The number of carboxylic acids is 1. The molecule has 0 amide bonds. The van der Waals surface area contributed by atoms with Crippen LogP contribution >= 0.6 is 0 Å². The van der Waals surface area contributed by atoms with Crippen LogP contribution in [0.4, 0.5) is 0 Å². The molecule has 0 aromatic carbocycles. The van der Waals surface area contributed by atoms with Crippen LogP contribution in [0.2, 0.25) is 0 Å². The number of hydrogen-bond donors (Lipinski definition) is 5. The number of hydrogen-bond acceptors (Lipinski definition) is 7. The van der Waals surface area contributed by atoms with Gasteiger partial charge in [0, 0.05) is 0 Å². The van der Waals surface area contributed by atoms with E-state index in [4.69, 9.17) is 9.47 Å². The van der Waals surface area contributed by atoms with Gasteiger partial charge in [0.15, 0.2) is 6.29 Å². The van der Waals surface area contributed by atoms with Gasteiger partial charge in [-0.05, 0) is 74.5 Å². The number of carboxylic acid groups (broad SMARTS) is 1. The number of aliphatic carboxylic acids is 1. The zero-order valence-electron chi connectivity index (χ0n) is 20.7. The molecule has 8 heteroatoms. The van der Waals surface area contributed by atoms with Gasteiger partial charge in [-0.2, -0.15) is 0 Å². The van der Waals surface area contributed by atoms with Crippen molar-refractivity contribution < 1.29 is 39.8 Å². The summed E-state index contributed by atoms with van der Waals surface area (Å²) in [6.07, 6.45) is 3.41. The van der Waals surface area contributed by atoms with Crippen molar-refractivity contribution in [2.45, 2.75) is 103 Å². The van der Waals surface area contributed by atoms with Crippen LogP contribution in [0.5, 0.6) is 0 Å². The van der Waals surface area contributed by atoms with Crippen molar-refractivity contribution >= 4 is 5.97 Å². The number of aliphatic hydroxyl groups excluding tert-OH is 4. The molecule has 8 nitrogen and oxygen atoms in total. The Hall–Kier alpha value is -1.03. The molecular formula is C26H42O8. The van der Waals surface area contributed by atoms with Gasteiger partial charge in [0.25, 0.3) is 0 Å². The molecular weight excluding hydrogens is 440 g/mol. The molecule has 0 aromatic rings. The van der Waals surface area contributed by atoms with Crippen LogP contribution in [0.25, 0.3) is 0 Å². The Morgan fingerprint density at radius 1 is 1.12 bits per heavy atom. The molecule has 0 aromatic heterocycles. The minimum Gasteiger partial charge on any atom is -0.481 e. The van der Waals surface area contributed by atoms with E-state index in [0.29, 0.717) is 12.5 Å². The summed E-state index contributed by atoms with van der Waals surface area (Å²) in [5, 5.41) is 49.5. The van der Waals surface area contributed by atoms with Crippen LogP contribution in [-0.4, -0.2) is 75.4 Å². The van der Waals surface area contributed by atoms with Crippen LogP contribution in [0.15, 0.2) is 11.6 Å². The molecule has 0 bridgehead atoms. The minimum absolute atomic E-state index is 0.0175. The summed E-state index contributed by atoms with van der Waals surface area (Å²) in [6.45, 7) is 6.37. The molecule has 194 valence electrons. The fraction of sp³-hybridized carbons (Fsp3) is 0.885. The highest BCUT2D eigenvalue weighted by atomic mass is 16.7. The van der Waals surface area contributed by atoms with Crippen LogP contribution in [0.1, 0.15) is 72.1 Å². The lowest BCUT2D eigenvalue weighted by Crippen LogP contribution is -2.59. The smallest absolute Gasteiger partial charge is 0.309 e. The van der Waals surface area contributed by atoms with Crippen molar-refractivity contribution in [1.29, 1.82) is 0 Å². The highest BCUT2D eigenvalue weighted by molar-refractivity contribution is 5.75. The molecule has 0 radical (unpaired) electrons. The largest absolute Gasteiger partial charge is 0.481 e. The zero-order chi connectivity index (χ0) is 24.9. The molecule has 3 fully saturated rings. The standard InChI is InChI=1S/C26H42O8/c1-24(11-12-33-22-21(30)20(29)19(28)17(14-27)34-22)10-7-16-15(13-24)5-6-18-25(16,2)8-4-9-26(18,3)23(31)32/h5,16-22,27-30H,4,6-14H2,1-3H3,(H,31,32)/t16-,17+,18+,19+,20-,21-,22-,24-,25+,26-/m0/s1. The van der Waals surface area contributed by atoms with Crippen molar-refractivity contribution in [2.24, 2.45) is 28.1 Å². The first kappa shape index (κ1) is 26.0. The summed E-state index contributed by atoms with van der Waals surface area (Å²) in [5.74, 6) is -0.0743. The first-order valence-electron chi connectivity index (χ1n) is 12.8. The van der Waals surface area contributed by atoms with Crippen molar-refractivity contribution in [2.75, 3.05) is 13.2 Å². The maximum absolute atomic E-state index is 12.2. The van der Waals surface area contributed by atoms with Gasteiger partial charge in [0.2, 0.25) is 0 Å². The monoisotopic (exact) mass is 482 g/mol. The van der Waals surface area contributed by atoms with E-state index in [2.05, 4.69) is 19.9 Å². The topological polar surface area (TPSA) is 137 Å². The van der Waals surface area contributed by atoms with Crippen molar-refractivity contribution in [3.05, 3.63) is 11.6 Å². The van der Waals surface area contributed by atoms with Gasteiger partial charge >= 0.3 is 5.97 Å². The highest BCUT2D eigenvalue weighted by Gasteiger charge is 2.58. The summed E-state index contributed by atoms with van der Waals surface area (Å²) >= 11 is 0. The summed E-state index contributed by atoms with van der Waals surface area (Å²) in [4.78, 5) is 12.2. The van der Waals surface area contributed by atoms with Crippen LogP contribution in [0, 0.1) is 28.1 Å². The Bertz CT molecular complexity index is 798. The van der Waals surface area contributed by atoms with E-state index < -0.39 is 48.7 Å². The van der Waals surface area contributed by atoms with Gasteiger partial charge in [-0.3, -0.25) is 4.79 Å². The summed E-state index contributed by atoms with van der Waals surface area (Å²) in [7, 11) is 0. The third-order valence-corrected chi connectivity index (χ3v) is 9.83. The number of allylic oxidation sites excluding steroid dienone is 2. The quantitative estimate of drug-likeness (QED) is 0.364. The van der Waals surface area contributed by atoms with E-state index >= 15 is 0 Å². The van der Waals surface area contributed by atoms with Crippen LogP contribution < -0.4 is 0 Å². The Labute approximate surface area is 202 Å². The van der Waals surface area contributed by atoms with Crippen molar-refractivity contribution in [1.82, 2.24) is 0 Å². The molecule has 4 aliphatic rings. The normalized spacial score (nSPS) is 49.0. The van der Waals surface area contributed by atoms with Gasteiger partial charge in [0.1, 0.15) is 24.4 Å². The van der Waals surface area contributed by atoms with E-state index in [-0.39, 0.29) is 16.7 Å². The highest BCUT2D eigenvalue weighted by Crippen LogP contribution is 2.64. The lowest BCUT2D eigenvalue weighted by Gasteiger charge is -2.58. The summed E-state index contributed by atoms with van der Waals surface area (Å²) in [6, 6.07) is 0. The Morgan fingerprint density at radius 2 is 1.85 bits per heavy atom. The second kappa shape index (κ2) is 9.45. The van der Waals surface area contributed by atoms with Gasteiger partial charge in [-0.25, -0.2) is 0 Å². The predicted octanol–water partition coefficient (Wildman–Crippen LogP) is 2.23. The molecule has 3 aliphatic carbocycles. The zero-order valence-corrected chi connectivity index (χ0v) is 20.7. The number of rotatable bonds is 6. The maximum Gasteiger partial charge on any atom is 0.309 e. The molecule has 10 atom stereocenters. The van der Waals surface area contributed by atoms with Gasteiger partial charge in [-0.15, -0.1) is 0 Å². The fourth-order valence-electron chi connectivity index (χ4n) is 7.57. The van der Waals surface area contributed by atoms with Gasteiger partial charge < -0.3 is 35.0 Å². The molecule has 5 N–H and O–H groups in total. The third-order valence-electron chi connectivity index (χ3n) is 9.83. The van der Waals surface area contributed by atoms with Crippen LogP contribution in [-0.2, 0) is 14.3 Å². The molecule has 1 heterocycles. The van der Waals surface area contributed by atoms with E-state index in [0.717, 1.165) is 51.4 Å². The Morgan fingerprint density at radius 3 is 2.53 bits per heavy atom. The molecule has 0 spiro atoms. The molecule has 1 aliphatic heterocycles. The molecule has 4 rings (SSSR count). The second-order valence-corrected chi connectivity index (χ2v) is 12.0. The lowest BCUT2D eigenvalue weighted by atomic mass is 9.45. The van der Waals surface area contributed by atoms with Gasteiger partial charge in [-0.1, -0.05) is 31.9 Å². The predicted molar refractivity (Wildman–Crippen MR) is 124 cm³/mol. The van der Waals surface area contributed by atoms with Crippen molar-refractivity contribution in [3.63, 3.8) is 0 Å². The molecule has 0 unspecified atom stereocenters. The van der Waals surface area contributed by atoms with Crippen molar-refractivity contribution in [3.8, 4) is 0 Å². The number of ether oxygens (including phenoxy) is 2. The maximum atomic E-state index is 12.2. The SMILES string of the molecule is C[C@@]1(CCO[C@H]2O[C@H](CO)[C@@H](O)[C@H](O)[C@@H]2O)CC[C@H]2C(=CC[C@@H]3[C@]2(C)CCC[C@]3(C)C(=O)O)C1. The first-order valence-corrected chi connectivity index (χ1v) is 12.8. The van der Waals surface area contributed by atoms with E-state index in [1.54, 1.807) is 0 Å². The number of fused-ring (bicyclic) bond motifs is 3. The van der Waals surface area contributed by atoms with Gasteiger partial charge in [0.05, 0.1) is 18.6 Å². The average Bonchev–Trinajstić information content (AvgIpc) is 2.78. The number of carbonyl (C=O) groups is 1. The summed E-state index contributed by atoms with van der Waals surface area (Å²) < 4.78 is 11.2. The molecule has 2 saturated carbocycles. The van der Waals surface area contributed by atoms with E-state index in [1.165, 1.54) is 5.57 Å². The molecule has 34 heavy (non-hydrogen) atoms. The summed E-state index contributed by atoms with van der Waals surface area (Å²) in [5.41, 5.74) is 0.832. The fourth-order valence-corrected chi connectivity index (χ4v) is 7.57. The lowest BCUT2D eigenvalue weighted by molar-refractivity contribution is -0.302. The molecule has 1 saturated heterocycles. The average molecular weight is 483 g/mol. The second-order valence-electron chi connectivity index (χ2n) is 12.0. The number of aliphatic hydroxyl groups is 4. The van der Waals surface area contributed by atoms with E-state index in [9.17, 15) is 30.3 Å².